The van der Waals surface area contributed by atoms with Crippen LogP contribution in [0.5, 0.6) is 5.75 Å². The van der Waals surface area contributed by atoms with Crippen LogP contribution in [0.2, 0.25) is 0 Å². The second kappa shape index (κ2) is 9.55. The van der Waals surface area contributed by atoms with Crippen LogP contribution in [0, 0.1) is 12.8 Å². The van der Waals surface area contributed by atoms with Crippen LogP contribution in [0.1, 0.15) is 44.3 Å². The summed E-state index contributed by atoms with van der Waals surface area (Å²) in [5.74, 6) is -1.20. The molecule has 1 saturated heterocycles. The Balaban J connectivity index is 1.55. The quantitative estimate of drug-likeness (QED) is 0.295. The number of rotatable bonds is 5. The number of fused-ring (bicyclic) bond motifs is 6. The molecule has 42 heavy (non-hydrogen) atoms. The molecular weight excluding hydrogens is 524 g/mol. The molecule has 4 aromatic rings. The zero-order chi connectivity index (χ0) is 29.2. The van der Waals surface area contributed by atoms with Crippen LogP contribution in [0.15, 0.2) is 103 Å². The van der Waals surface area contributed by atoms with E-state index in [0.717, 1.165) is 28.0 Å². The highest BCUT2D eigenvalue weighted by molar-refractivity contribution is 6.18. The van der Waals surface area contributed by atoms with Crippen molar-refractivity contribution in [3.05, 3.63) is 131 Å². The van der Waals surface area contributed by atoms with Gasteiger partial charge in [0.25, 0.3) is 0 Å². The van der Waals surface area contributed by atoms with Gasteiger partial charge in [0.15, 0.2) is 11.6 Å². The van der Waals surface area contributed by atoms with E-state index >= 15 is 0 Å². The van der Waals surface area contributed by atoms with Crippen molar-refractivity contribution >= 4 is 34.4 Å². The summed E-state index contributed by atoms with van der Waals surface area (Å²) in [5, 5.41) is 3.09. The number of hydrogen-bond acceptors (Lipinski definition) is 5. The number of hydrogen-bond donors (Lipinski definition) is 1. The number of carbonyl (C=O) groups is 3. The third kappa shape index (κ3) is 3.54. The van der Waals surface area contributed by atoms with E-state index < -0.39 is 23.4 Å². The normalized spacial score (nSPS) is 23.5. The maximum absolute atomic E-state index is 14.9. The van der Waals surface area contributed by atoms with Crippen molar-refractivity contribution in [2.24, 2.45) is 5.92 Å². The molecule has 4 atom stereocenters. The number of para-hydroxylation sites is 2. The molecule has 6 nitrogen and oxygen atoms in total. The predicted octanol–water partition coefficient (Wildman–Crippen LogP) is 6.25. The van der Waals surface area contributed by atoms with Gasteiger partial charge in [-0.15, -0.1) is 0 Å². The molecule has 1 amide bonds. The number of aryl methyl sites for hydroxylation is 1. The van der Waals surface area contributed by atoms with Crippen LogP contribution in [0.25, 0.3) is 5.57 Å². The first kappa shape index (κ1) is 26.0. The van der Waals surface area contributed by atoms with Crippen LogP contribution >= 0.6 is 0 Å². The minimum atomic E-state index is -1.34. The lowest BCUT2D eigenvalue weighted by Crippen LogP contribution is -2.51. The first-order chi connectivity index (χ1) is 20.4. The summed E-state index contributed by atoms with van der Waals surface area (Å²) in [4.78, 5) is 46.2. The van der Waals surface area contributed by atoms with Gasteiger partial charge in [-0.25, -0.2) is 0 Å². The molecule has 4 aromatic carbocycles. The molecule has 1 N–H and O–H groups in total. The number of methoxy groups -OCH3 is 1. The molecule has 208 valence electrons. The highest BCUT2D eigenvalue weighted by Gasteiger charge is 2.70. The molecule has 0 saturated carbocycles. The van der Waals surface area contributed by atoms with Crippen molar-refractivity contribution in [3.8, 4) is 5.75 Å². The van der Waals surface area contributed by atoms with Crippen molar-refractivity contribution < 1.29 is 19.1 Å². The van der Waals surface area contributed by atoms with E-state index in [9.17, 15) is 14.4 Å². The largest absolute Gasteiger partial charge is 0.497 e. The molecular formula is C36H30N2O4. The van der Waals surface area contributed by atoms with E-state index in [1.807, 2.05) is 79.4 Å². The average molecular weight is 555 g/mol. The molecule has 1 spiro atoms. The van der Waals surface area contributed by atoms with Crippen molar-refractivity contribution in [2.75, 3.05) is 17.3 Å². The minimum Gasteiger partial charge on any atom is -0.497 e. The number of ether oxygens (including phenoxy) is 1. The molecule has 4 unspecified atom stereocenters. The Bertz CT molecular complexity index is 1810. The first-order valence-corrected chi connectivity index (χ1v) is 14.1. The topological polar surface area (TPSA) is 75.7 Å². The van der Waals surface area contributed by atoms with E-state index in [0.29, 0.717) is 22.6 Å². The summed E-state index contributed by atoms with van der Waals surface area (Å²) in [6, 6.07) is 28.3. The molecule has 3 aliphatic heterocycles. The lowest BCUT2D eigenvalue weighted by atomic mass is 9.64. The number of anilines is 2. The standard InChI is InChI=1S/C36H30N2O4/c1-21-15-17-23(18-16-21)33(39)31-32(34(40)24-9-8-10-25(20-24)42-3)38-29-14-7-4-11-26(29)22(2)19-30(38)36(31)27-12-5-6-13-28(27)37-35(36)41/h4-20,30-32H,1-3H3,(H,37,41). The molecule has 0 aromatic heterocycles. The van der Waals surface area contributed by atoms with Gasteiger partial charge in [-0.1, -0.05) is 84.4 Å². The van der Waals surface area contributed by atoms with Crippen LogP contribution < -0.4 is 15.0 Å². The third-order valence-electron chi connectivity index (χ3n) is 9.13. The lowest BCUT2D eigenvalue weighted by Gasteiger charge is -2.39. The molecule has 0 radical (unpaired) electrons. The van der Waals surface area contributed by atoms with Crippen molar-refractivity contribution in [1.29, 1.82) is 0 Å². The lowest BCUT2D eigenvalue weighted by molar-refractivity contribution is -0.121. The molecule has 3 aliphatic rings. The average Bonchev–Trinajstić information content (AvgIpc) is 3.49. The number of allylic oxidation sites excluding steroid dienone is 1. The second-order valence-electron chi connectivity index (χ2n) is 11.3. The Morgan fingerprint density at radius 3 is 2.36 bits per heavy atom. The third-order valence-corrected chi connectivity index (χ3v) is 9.13. The molecule has 7 rings (SSSR count). The zero-order valence-corrected chi connectivity index (χ0v) is 23.6. The van der Waals surface area contributed by atoms with E-state index in [1.54, 1.807) is 43.5 Å². The van der Waals surface area contributed by atoms with Gasteiger partial charge in [-0.05, 0) is 49.2 Å². The number of carbonyl (C=O) groups excluding carboxylic acids is 3. The smallest absolute Gasteiger partial charge is 0.238 e. The van der Waals surface area contributed by atoms with E-state index in [1.165, 1.54) is 0 Å². The van der Waals surface area contributed by atoms with Gasteiger partial charge in [0.1, 0.15) is 17.2 Å². The van der Waals surface area contributed by atoms with Crippen LogP contribution in [0.3, 0.4) is 0 Å². The highest BCUT2D eigenvalue weighted by Crippen LogP contribution is 2.58. The number of ketones is 2. The number of benzene rings is 4. The summed E-state index contributed by atoms with van der Waals surface area (Å²) in [6.07, 6.45) is 2.07. The van der Waals surface area contributed by atoms with Gasteiger partial charge in [-0.3, -0.25) is 14.4 Å². The molecule has 0 aliphatic carbocycles. The van der Waals surface area contributed by atoms with Gasteiger partial charge >= 0.3 is 0 Å². The van der Waals surface area contributed by atoms with E-state index in [4.69, 9.17) is 4.74 Å². The number of Topliss-reactive ketones (excluding diaryl/α,β-unsaturated/α-hetero) is 2. The summed E-state index contributed by atoms with van der Waals surface area (Å²) in [7, 11) is 1.56. The highest BCUT2D eigenvalue weighted by atomic mass is 16.5. The zero-order valence-electron chi connectivity index (χ0n) is 23.6. The van der Waals surface area contributed by atoms with Gasteiger partial charge in [0.05, 0.1) is 19.1 Å². The predicted molar refractivity (Wildman–Crippen MR) is 163 cm³/mol. The Labute approximate surface area is 244 Å². The fraction of sp³-hybridized carbons (Fsp3) is 0.194. The van der Waals surface area contributed by atoms with E-state index in [-0.39, 0.29) is 17.5 Å². The van der Waals surface area contributed by atoms with Crippen LogP contribution in [0.4, 0.5) is 11.4 Å². The fourth-order valence-electron chi connectivity index (χ4n) is 7.23. The summed E-state index contributed by atoms with van der Waals surface area (Å²) < 4.78 is 5.45. The van der Waals surface area contributed by atoms with Crippen LogP contribution in [-0.2, 0) is 10.2 Å². The van der Waals surface area contributed by atoms with Crippen molar-refractivity contribution in [2.45, 2.75) is 31.3 Å². The van der Waals surface area contributed by atoms with Gasteiger partial charge in [0.2, 0.25) is 5.91 Å². The first-order valence-electron chi connectivity index (χ1n) is 14.1. The Hall–Kier alpha value is -4.97. The van der Waals surface area contributed by atoms with Crippen molar-refractivity contribution in [3.63, 3.8) is 0 Å². The maximum atomic E-state index is 14.9. The van der Waals surface area contributed by atoms with Gasteiger partial charge in [-0.2, -0.15) is 0 Å². The SMILES string of the molecule is COc1cccc(C(=O)C2C(C(=O)c3ccc(C)cc3)C3(C(=O)Nc4ccccc43)C3C=C(C)c4ccccc4N23)c1. The Morgan fingerprint density at radius 1 is 0.833 bits per heavy atom. The minimum absolute atomic E-state index is 0.235. The summed E-state index contributed by atoms with van der Waals surface area (Å²) in [6.45, 7) is 3.99. The molecule has 6 heteroatoms. The second-order valence-corrected chi connectivity index (χ2v) is 11.3. The molecule has 0 bridgehead atoms. The number of nitrogens with zero attached hydrogens (tertiary/aromatic N) is 1. The monoisotopic (exact) mass is 554 g/mol. The van der Waals surface area contributed by atoms with Gasteiger partial charge in [0, 0.05) is 28.1 Å². The number of amides is 1. The van der Waals surface area contributed by atoms with Crippen LogP contribution in [-0.4, -0.2) is 36.7 Å². The summed E-state index contributed by atoms with van der Waals surface area (Å²) in [5.41, 5.74) is 4.79. The van der Waals surface area contributed by atoms with E-state index in [2.05, 4.69) is 11.4 Å². The Kier molecular flexibility index (Phi) is 5.91. The fourth-order valence-corrected chi connectivity index (χ4v) is 7.23. The summed E-state index contributed by atoms with van der Waals surface area (Å²) >= 11 is 0. The number of nitrogens with one attached hydrogen (secondary N) is 1. The molecule has 3 heterocycles. The molecule has 1 fully saturated rings. The van der Waals surface area contributed by atoms with Gasteiger partial charge < -0.3 is 15.0 Å². The van der Waals surface area contributed by atoms with Crippen molar-refractivity contribution in [1.82, 2.24) is 0 Å². The Morgan fingerprint density at radius 2 is 1.57 bits per heavy atom. The maximum Gasteiger partial charge on any atom is 0.238 e.